The van der Waals surface area contributed by atoms with Crippen molar-refractivity contribution in [3.63, 3.8) is 0 Å². The van der Waals surface area contributed by atoms with Gasteiger partial charge in [0.1, 0.15) is 6.61 Å². The van der Waals surface area contributed by atoms with Crippen molar-refractivity contribution in [2.45, 2.75) is 6.61 Å². The summed E-state index contributed by atoms with van der Waals surface area (Å²) in [7, 11) is 0. The number of nitriles is 1. The van der Waals surface area contributed by atoms with Crippen LogP contribution in [0.5, 0.6) is 0 Å². The van der Waals surface area contributed by atoms with E-state index in [1.807, 2.05) is 6.07 Å². The second kappa shape index (κ2) is 4.12. The number of carboxylic acid groups (broad SMARTS) is 1. The van der Waals surface area contributed by atoms with E-state index in [9.17, 15) is 4.79 Å². The summed E-state index contributed by atoms with van der Waals surface area (Å²) < 4.78 is 4.34. The molecule has 1 N–H and O–H groups in total. The van der Waals surface area contributed by atoms with Gasteiger partial charge in [-0.2, -0.15) is 5.26 Å². The van der Waals surface area contributed by atoms with Crippen molar-refractivity contribution in [3.05, 3.63) is 35.4 Å². The van der Waals surface area contributed by atoms with Crippen molar-refractivity contribution in [2.24, 2.45) is 0 Å². The Morgan fingerprint density at radius 2 is 2.08 bits per heavy atom. The Morgan fingerprint density at radius 1 is 1.46 bits per heavy atom. The first-order chi connectivity index (χ1) is 6.22. The summed E-state index contributed by atoms with van der Waals surface area (Å²) in [6, 6.07) is 8.49. The fraction of sp³-hybridized carbons (Fsp3) is 0.111. The van der Waals surface area contributed by atoms with Gasteiger partial charge in [0, 0.05) is 0 Å². The van der Waals surface area contributed by atoms with Crippen LogP contribution < -0.4 is 0 Å². The zero-order valence-electron chi connectivity index (χ0n) is 6.73. The van der Waals surface area contributed by atoms with Gasteiger partial charge in [-0.3, -0.25) is 0 Å². The third-order valence-corrected chi connectivity index (χ3v) is 1.45. The molecule has 1 rings (SSSR count). The minimum Gasteiger partial charge on any atom is -0.450 e. The maximum atomic E-state index is 10.0. The van der Waals surface area contributed by atoms with Gasteiger partial charge >= 0.3 is 6.16 Å². The topological polar surface area (TPSA) is 70.3 Å². The summed E-state index contributed by atoms with van der Waals surface area (Å²) >= 11 is 0. The Morgan fingerprint density at radius 3 is 2.54 bits per heavy atom. The molecule has 66 valence electrons. The summed E-state index contributed by atoms with van der Waals surface area (Å²) in [5, 5.41) is 16.7. The molecule has 0 bridgehead atoms. The Kier molecular flexibility index (Phi) is 2.87. The SMILES string of the molecule is N#Cc1ccc(COC(=O)O)cc1. The molecule has 0 aliphatic heterocycles. The molecule has 0 aromatic heterocycles. The van der Waals surface area contributed by atoms with Crippen LogP contribution >= 0.6 is 0 Å². The first kappa shape index (κ1) is 9.07. The molecule has 0 amide bonds. The molecule has 0 saturated heterocycles. The third kappa shape index (κ3) is 2.83. The summed E-state index contributed by atoms with van der Waals surface area (Å²) in [5.74, 6) is 0. The zero-order valence-corrected chi connectivity index (χ0v) is 6.73. The Balaban J connectivity index is 2.60. The Bertz CT molecular complexity index is 337. The van der Waals surface area contributed by atoms with E-state index in [2.05, 4.69) is 4.74 Å². The molecule has 1 aromatic rings. The molecule has 13 heavy (non-hydrogen) atoms. The lowest BCUT2D eigenvalue weighted by molar-refractivity contribution is 0.0854. The number of rotatable bonds is 2. The van der Waals surface area contributed by atoms with Crippen molar-refractivity contribution in [1.29, 1.82) is 5.26 Å². The number of ether oxygens (including phenoxy) is 1. The minimum absolute atomic E-state index is 0.0149. The van der Waals surface area contributed by atoms with Crippen molar-refractivity contribution < 1.29 is 14.6 Å². The molecule has 4 heteroatoms. The molecule has 0 atom stereocenters. The van der Waals surface area contributed by atoms with Crippen molar-refractivity contribution in [3.8, 4) is 6.07 Å². The maximum absolute atomic E-state index is 10.0. The third-order valence-electron chi connectivity index (χ3n) is 1.45. The van der Waals surface area contributed by atoms with E-state index in [4.69, 9.17) is 10.4 Å². The van der Waals surface area contributed by atoms with Crippen LogP contribution in [0.25, 0.3) is 0 Å². The van der Waals surface area contributed by atoms with Crippen LogP contribution in [0, 0.1) is 11.3 Å². The summed E-state index contributed by atoms with van der Waals surface area (Å²) in [5.41, 5.74) is 1.26. The van der Waals surface area contributed by atoms with Gasteiger partial charge in [-0.1, -0.05) is 12.1 Å². The predicted octanol–water partition coefficient (Wildman–Crippen LogP) is 1.75. The van der Waals surface area contributed by atoms with Gasteiger partial charge in [0.05, 0.1) is 11.6 Å². The van der Waals surface area contributed by atoms with Crippen LogP contribution in [-0.2, 0) is 11.3 Å². The van der Waals surface area contributed by atoms with Gasteiger partial charge in [-0.05, 0) is 17.7 Å². The highest BCUT2D eigenvalue weighted by Crippen LogP contribution is 2.04. The van der Waals surface area contributed by atoms with E-state index in [1.54, 1.807) is 24.3 Å². The number of carbonyl (C=O) groups is 1. The Hall–Kier alpha value is -2.02. The Labute approximate surface area is 75.0 Å². The van der Waals surface area contributed by atoms with Crippen LogP contribution in [0.15, 0.2) is 24.3 Å². The van der Waals surface area contributed by atoms with E-state index in [1.165, 1.54) is 0 Å². The first-order valence-corrected chi connectivity index (χ1v) is 3.57. The fourth-order valence-corrected chi connectivity index (χ4v) is 0.821. The molecule has 0 spiro atoms. The van der Waals surface area contributed by atoms with Crippen molar-refractivity contribution in [1.82, 2.24) is 0 Å². The van der Waals surface area contributed by atoms with Crippen molar-refractivity contribution in [2.75, 3.05) is 0 Å². The average Bonchev–Trinajstić information content (AvgIpc) is 2.15. The average molecular weight is 177 g/mol. The molecular formula is C9H7NO3. The lowest BCUT2D eigenvalue weighted by Gasteiger charge is -1.99. The van der Waals surface area contributed by atoms with Gasteiger partial charge in [-0.15, -0.1) is 0 Å². The number of hydrogen-bond donors (Lipinski definition) is 1. The highest BCUT2D eigenvalue weighted by Gasteiger charge is 1.98. The molecule has 0 radical (unpaired) electrons. The monoisotopic (exact) mass is 177 g/mol. The fourth-order valence-electron chi connectivity index (χ4n) is 0.821. The van der Waals surface area contributed by atoms with Crippen LogP contribution in [0.3, 0.4) is 0 Å². The standard InChI is InChI=1S/C9H7NO3/c10-5-7-1-3-8(4-2-7)6-13-9(11)12/h1-4H,6H2,(H,11,12). The van der Waals surface area contributed by atoms with Crippen LogP contribution in [0.4, 0.5) is 4.79 Å². The quantitative estimate of drug-likeness (QED) is 0.698. The van der Waals surface area contributed by atoms with Gasteiger partial charge in [-0.25, -0.2) is 4.79 Å². The van der Waals surface area contributed by atoms with Crippen molar-refractivity contribution >= 4 is 6.16 Å². The molecule has 0 fully saturated rings. The molecule has 0 aliphatic rings. The normalized spacial score (nSPS) is 8.85. The first-order valence-electron chi connectivity index (χ1n) is 3.57. The molecule has 0 aliphatic carbocycles. The molecular weight excluding hydrogens is 170 g/mol. The van der Waals surface area contributed by atoms with Gasteiger partial charge in [0.25, 0.3) is 0 Å². The molecule has 0 heterocycles. The van der Waals surface area contributed by atoms with E-state index in [-0.39, 0.29) is 6.61 Å². The smallest absolute Gasteiger partial charge is 0.450 e. The van der Waals surface area contributed by atoms with E-state index in [0.29, 0.717) is 5.56 Å². The summed E-state index contributed by atoms with van der Waals surface area (Å²) in [4.78, 5) is 10.0. The van der Waals surface area contributed by atoms with Gasteiger partial charge in [0.2, 0.25) is 0 Å². The molecule has 0 unspecified atom stereocenters. The second-order valence-corrected chi connectivity index (χ2v) is 2.36. The van der Waals surface area contributed by atoms with Crippen LogP contribution in [0.2, 0.25) is 0 Å². The maximum Gasteiger partial charge on any atom is 0.506 e. The lowest BCUT2D eigenvalue weighted by Crippen LogP contribution is -1.99. The zero-order chi connectivity index (χ0) is 9.68. The summed E-state index contributed by atoms with van der Waals surface area (Å²) in [6.45, 7) is 0.0149. The highest BCUT2D eigenvalue weighted by atomic mass is 16.7. The number of benzene rings is 1. The molecule has 0 saturated carbocycles. The van der Waals surface area contributed by atoms with Gasteiger partial charge < -0.3 is 9.84 Å². The highest BCUT2D eigenvalue weighted by molar-refractivity contribution is 5.56. The van der Waals surface area contributed by atoms with E-state index in [0.717, 1.165) is 5.56 Å². The van der Waals surface area contributed by atoms with Gasteiger partial charge in [0.15, 0.2) is 0 Å². The molecule has 4 nitrogen and oxygen atoms in total. The second-order valence-electron chi connectivity index (χ2n) is 2.36. The van der Waals surface area contributed by atoms with Crippen LogP contribution in [0.1, 0.15) is 11.1 Å². The number of hydrogen-bond acceptors (Lipinski definition) is 3. The largest absolute Gasteiger partial charge is 0.506 e. The lowest BCUT2D eigenvalue weighted by atomic mass is 10.2. The van der Waals surface area contributed by atoms with E-state index >= 15 is 0 Å². The summed E-state index contributed by atoms with van der Waals surface area (Å²) in [6.07, 6.45) is -1.30. The minimum atomic E-state index is -1.30. The molecule has 1 aromatic carbocycles. The number of nitrogens with zero attached hydrogens (tertiary/aromatic N) is 1. The van der Waals surface area contributed by atoms with E-state index < -0.39 is 6.16 Å². The van der Waals surface area contributed by atoms with Crippen LogP contribution in [-0.4, -0.2) is 11.3 Å². The predicted molar refractivity (Wildman–Crippen MR) is 44.0 cm³/mol.